The summed E-state index contributed by atoms with van der Waals surface area (Å²) in [7, 11) is -1.61. The quantitative estimate of drug-likeness (QED) is 0.534. The predicted octanol–water partition coefficient (Wildman–Crippen LogP) is 2.02. The summed E-state index contributed by atoms with van der Waals surface area (Å²) in [5, 5.41) is 9.87. The minimum Gasteiger partial charge on any atom is -0.497 e. The summed E-state index contributed by atoms with van der Waals surface area (Å²) in [5.74, 6) is -1.44. The lowest BCUT2D eigenvalue weighted by molar-refractivity contribution is -0.192. The van der Waals surface area contributed by atoms with Crippen LogP contribution < -0.4 is 10.1 Å². The molecule has 1 aromatic carbocycles. The summed E-state index contributed by atoms with van der Waals surface area (Å²) in [5.41, 5.74) is 0.181. The molecule has 1 saturated heterocycles. The zero-order chi connectivity index (χ0) is 28.4. The standard InChI is InChI=1S/C22H28N4O5S.C2HF3O2/c1-30-17-4-2-3-16(13-17)14-24-20(27)19-15-25-12-9-23-21(25)22(31-19)7-10-26(11-8-22)32(28,29)18-5-6-18;3-2(4,5)1(6)7/h2-4,9,12-13,18-19H,5-8,10-11,14-15H2,1H3,(H,24,27);(H,6,7). The van der Waals surface area contributed by atoms with Crippen molar-refractivity contribution in [2.45, 2.75) is 61.9 Å². The largest absolute Gasteiger partial charge is 0.497 e. The normalized spacial score (nSPS) is 20.9. The Morgan fingerprint density at radius 1 is 1.26 bits per heavy atom. The van der Waals surface area contributed by atoms with Crippen molar-refractivity contribution in [2.75, 3.05) is 20.2 Å². The molecule has 1 aromatic heterocycles. The van der Waals surface area contributed by atoms with Crippen molar-refractivity contribution in [3.05, 3.63) is 48.0 Å². The van der Waals surface area contributed by atoms with Gasteiger partial charge in [-0.3, -0.25) is 4.79 Å². The van der Waals surface area contributed by atoms with Crippen LogP contribution in [0.2, 0.25) is 0 Å². The Morgan fingerprint density at radius 2 is 1.92 bits per heavy atom. The number of carbonyl (C=O) groups excluding carboxylic acids is 1. The number of hydrogen-bond acceptors (Lipinski definition) is 7. The van der Waals surface area contributed by atoms with E-state index in [1.807, 2.05) is 35.0 Å². The molecular weight excluding hydrogens is 545 g/mol. The summed E-state index contributed by atoms with van der Waals surface area (Å²) in [6.07, 6.45) is 0.278. The number of hydrogen-bond donors (Lipinski definition) is 2. The zero-order valence-electron chi connectivity index (χ0n) is 21.1. The van der Waals surface area contributed by atoms with Crippen molar-refractivity contribution in [2.24, 2.45) is 0 Å². The Hall–Kier alpha value is -3.17. The number of fused-ring (bicyclic) bond motifs is 2. The maximum absolute atomic E-state index is 13.0. The number of methoxy groups -OCH3 is 1. The summed E-state index contributed by atoms with van der Waals surface area (Å²) >= 11 is 0. The minimum absolute atomic E-state index is 0.195. The van der Waals surface area contributed by atoms with Gasteiger partial charge in [-0.25, -0.2) is 22.5 Å². The zero-order valence-corrected chi connectivity index (χ0v) is 21.9. The Kier molecular flexibility index (Phi) is 8.23. The number of carboxylic acid groups (broad SMARTS) is 1. The first-order valence-corrected chi connectivity index (χ1v) is 13.8. The van der Waals surface area contributed by atoms with Crippen LogP contribution in [0.1, 0.15) is 37.1 Å². The Labute approximate surface area is 223 Å². The van der Waals surface area contributed by atoms with E-state index >= 15 is 0 Å². The molecule has 3 heterocycles. The molecule has 2 fully saturated rings. The number of nitrogens with zero attached hydrogens (tertiary/aromatic N) is 3. The number of carbonyl (C=O) groups is 2. The lowest BCUT2D eigenvalue weighted by Gasteiger charge is -2.45. The number of halogens is 3. The smallest absolute Gasteiger partial charge is 0.490 e. The highest BCUT2D eigenvalue weighted by Crippen LogP contribution is 2.42. The van der Waals surface area contributed by atoms with E-state index < -0.39 is 33.9 Å². The van der Waals surface area contributed by atoms with Gasteiger partial charge in [-0.05, 0) is 43.4 Å². The van der Waals surface area contributed by atoms with Gasteiger partial charge in [-0.1, -0.05) is 12.1 Å². The second-order valence-corrected chi connectivity index (χ2v) is 11.7. The molecule has 39 heavy (non-hydrogen) atoms. The van der Waals surface area contributed by atoms with Gasteiger partial charge in [0, 0.05) is 32.0 Å². The fourth-order valence-corrected chi connectivity index (χ4v) is 6.48. The molecule has 1 saturated carbocycles. The topological polar surface area (TPSA) is 140 Å². The van der Waals surface area contributed by atoms with Gasteiger partial charge in [0.25, 0.3) is 5.91 Å². The molecule has 1 aliphatic carbocycles. The average Bonchev–Trinajstić information content (AvgIpc) is 3.66. The van der Waals surface area contributed by atoms with Gasteiger partial charge in [-0.2, -0.15) is 13.2 Å². The fourth-order valence-electron chi connectivity index (χ4n) is 4.64. The van der Waals surface area contributed by atoms with Crippen LogP contribution in [0.4, 0.5) is 13.2 Å². The predicted molar refractivity (Wildman–Crippen MR) is 130 cm³/mol. The number of benzene rings is 1. The lowest BCUT2D eigenvalue weighted by Crippen LogP contribution is -2.54. The van der Waals surface area contributed by atoms with Gasteiger partial charge in [-0.15, -0.1) is 0 Å². The highest BCUT2D eigenvalue weighted by molar-refractivity contribution is 7.90. The first-order valence-electron chi connectivity index (χ1n) is 12.2. The van der Waals surface area contributed by atoms with E-state index in [2.05, 4.69) is 10.3 Å². The van der Waals surface area contributed by atoms with Gasteiger partial charge >= 0.3 is 12.1 Å². The summed E-state index contributed by atoms with van der Waals surface area (Å²) in [4.78, 5) is 26.4. The molecule has 214 valence electrons. The van der Waals surface area contributed by atoms with Crippen LogP contribution in [0, 0.1) is 0 Å². The third-order valence-corrected chi connectivity index (χ3v) is 9.22. The number of alkyl halides is 3. The van der Waals surface area contributed by atoms with Gasteiger partial charge in [0.15, 0.2) is 6.10 Å². The van der Waals surface area contributed by atoms with E-state index in [9.17, 15) is 26.4 Å². The molecule has 5 rings (SSSR count). The molecule has 2 N–H and O–H groups in total. The fraction of sp³-hybridized carbons (Fsp3) is 0.542. The van der Waals surface area contributed by atoms with E-state index in [0.29, 0.717) is 39.0 Å². The molecule has 1 spiro atoms. The number of aliphatic carboxylic acids is 1. The second-order valence-electron chi connectivity index (χ2n) is 9.52. The maximum Gasteiger partial charge on any atom is 0.490 e. The minimum atomic E-state index is -5.08. The van der Waals surface area contributed by atoms with Crippen molar-refractivity contribution in [1.82, 2.24) is 19.2 Å². The summed E-state index contributed by atoms with van der Waals surface area (Å²) in [6.45, 7) is 1.51. The third-order valence-electron chi connectivity index (χ3n) is 6.82. The number of rotatable bonds is 6. The molecule has 0 bridgehead atoms. The SMILES string of the molecule is COc1cccc(CNC(=O)C2Cn3ccnc3C3(CCN(S(=O)(=O)C4CC4)CC3)O2)c1.O=C(O)C(F)(F)F. The van der Waals surface area contributed by atoms with Gasteiger partial charge in [0.1, 0.15) is 17.2 Å². The first-order chi connectivity index (χ1) is 18.4. The Morgan fingerprint density at radius 3 is 2.51 bits per heavy atom. The van der Waals surface area contributed by atoms with Crippen molar-refractivity contribution in [3.63, 3.8) is 0 Å². The van der Waals surface area contributed by atoms with Gasteiger partial charge in [0.2, 0.25) is 10.0 Å². The number of carboxylic acids is 1. The molecule has 11 nitrogen and oxygen atoms in total. The third kappa shape index (κ3) is 6.53. The van der Waals surface area contributed by atoms with E-state index in [1.165, 1.54) is 0 Å². The van der Waals surface area contributed by atoms with Crippen molar-refractivity contribution in [1.29, 1.82) is 0 Å². The number of ether oxygens (including phenoxy) is 2. The van der Waals surface area contributed by atoms with Crippen molar-refractivity contribution >= 4 is 21.9 Å². The number of imidazole rings is 1. The average molecular weight is 575 g/mol. The second kappa shape index (κ2) is 11.1. The van der Waals surface area contributed by atoms with Crippen LogP contribution in [0.25, 0.3) is 0 Å². The van der Waals surface area contributed by atoms with Crippen LogP contribution >= 0.6 is 0 Å². The Balaban J connectivity index is 0.000000448. The number of aromatic nitrogens is 2. The van der Waals surface area contributed by atoms with Crippen LogP contribution in [-0.2, 0) is 43.0 Å². The van der Waals surface area contributed by atoms with Crippen LogP contribution in [-0.4, -0.2) is 77.0 Å². The van der Waals surface area contributed by atoms with Crippen LogP contribution in [0.15, 0.2) is 36.7 Å². The molecule has 15 heteroatoms. The number of amides is 1. The molecule has 1 unspecified atom stereocenters. The van der Waals surface area contributed by atoms with E-state index in [0.717, 1.165) is 30.0 Å². The van der Waals surface area contributed by atoms with Crippen molar-refractivity contribution in [3.8, 4) is 5.75 Å². The highest BCUT2D eigenvalue weighted by atomic mass is 32.2. The molecule has 1 amide bonds. The maximum atomic E-state index is 13.0. The molecular formula is C24H29F3N4O7S. The van der Waals surface area contributed by atoms with Crippen molar-refractivity contribution < 1.29 is 45.8 Å². The molecule has 3 aliphatic rings. The molecule has 2 aromatic rings. The summed E-state index contributed by atoms with van der Waals surface area (Å²) < 4.78 is 72.2. The highest BCUT2D eigenvalue weighted by Gasteiger charge is 2.50. The summed E-state index contributed by atoms with van der Waals surface area (Å²) in [6, 6.07) is 7.55. The van der Waals surface area contributed by atoms with Crippen LogP contribution in [0.3, 0.4) is 0 Å². The van der Waals surface area contributed by atoms with E-state index in [1.54, 1.807) is 17.6 Å². The monoisotopic (exact) mass is 574 g/mol. The number of piperidine rings is 1. The molecule has 2 aliphatic heterocycles. The van der Waals surface area contributed by atoms with Gasteiger partial charge < -0.3 is 24.5 Å². The number of sulfonamides is 1. The first kappa shape index (κ1) is 28.8. The van der Waals surface area contributed by atoms with E-state index in [4.69, 9.17) is 19.4 Å². The molecule has 1 atom stereocenters. The lowest BCUT2D eigenvalue weighted by atomic mass is 9.89. The van der Waals surface area contributed by atoms with E-state index in [-0.39, 0.29) is 11.2 Å². The van der Waals surface area contributed by atoms with Crippen LogP contribution in [0.5, 0.6) is 5.75 Å². The molecule has 0 radical (unpaired) electrons. The number of nitrogens with one attached hydrogen (secondary N) is 1. The Bertz CT molecular complexity index is 1300. The van der Waals surface area contributed by atoms with Gasteiger partial charge in [0.05, 0.1) is 18.9 Å².